The highest BCUT2D eigenvalue weighted by atomic mass is 16.5. The molecule has 4 rings (SSSR count). The number of rotatable bonds is 5. The van der Waals surface area contributed by atoms with Crippen LogP contribution in [0.15, 0.2) is 42.5 Å². The zero-order valence-corrected chi connectivity index (χ0v) is 17.2. The van der Waals surface area contributed by atoms with Crippen LogP contribution in [0.4, 0.5) is 5.69 Å². The van der Waals surface area contributed by atoms with Crippen LogP contribution >= 0.6 is 0 Å². The third-order valence-electron chi connectivity index (χ3n) is 5.77. The minimum atomic E-state index is -0.289. The minimum Gasteiger partial charge on any atom is -0.462 e. The van der Waals surface area contributed by atoms with Crippen LogP contribution in [0.1, 0.15) is 77.9 Å². The fourth-order valence-corrected chi connectivity index (χ4v) is 4.02. The summed E-state index contributed by atoms with van der Waals surface area (Å²) >= 11 is 0. The summed E-state index contributed by atoms with van der Waals surface area (Å²) in [6.07, 6.45) is 3.02. The zero-order valence-electron chi connectivity index (χ0n) is 17.2. The second-order valence-electron chi connectivity index (χ2n) is 8.64. The van der Waals surface area contributed by atoms with Gasteiger partial charge in [0.15, 0.2) is 0 Å². The fourth-order valence-electron chi connectivity index (χ4n) is 4.02. The molecule has 1 saturated carbocycles. The molecule has 5 heteroatoms. The third-order valence-corrected chi connectivity index (χ3v) is 5.77. The number of ether oxygens (including phenoxy) is 1. The van der Waals surface area contributed by atoms with Crippen LogP contribution in [-0.2, 0) is 10.2 Å². The van der Waals surface area contributed by atoms with Crippen molar-refractivity contribution >= 4 is 17.6 Å². The predicted octanol–water partition coefficient (Wildman–Crippen LogP) is 4.59. The van der Waals surface area contributed by atoms with E-state index in [0.29, 0.717) is 23.8 Å². The van der Waals surface area contributed by atoms with Gasteiger partial charge >= 0.3 is 5.97 Å². The van der Waals surface area contributed by atoms with Gasteiger partial charge in [0.2, 0.25) is 0 Å². The summed E-state index contributed by atoms with van der Waals surface area (Å²) in [6, 6.07) is 14.0. The van der Waals surface area contributed by atoms with Gasteiger partial charge in [0.05, 0.1) is 18.2 Å². The molecule has 0 spiro atoms. The number of nitrogens with one attached hydrogen (secondary N) is 2. The number of carbonyl (C=O) groups excluding carboxylic acids is 2. The van der Waals surface area contributed by atoms with E-state index in [1.807, 2.05) is 43.3 Å². The van der Waals surface area contributed by atoms with E-state index < -0.39 is 0 Å². The van der Waals surface area contributed by atoms with Crippen molar-refractivity contribution in [2.75, 3.05) is 11.9 Å². The quantitative estimate of drug-likeness (QED) is 0.731. The average molecular weight is 392 g/mol. The van der Waals surface area contributed by atoms with Crippen molar-refractivity contribution in [2.45, 2.75) is 57.5 Å². The van der Waals surface area contributed by atoms with E-state index in [-0.39, 0.29) is 23.3 Å². The van der Waals surface area contributed by atoms with Crippen molar-refractivity contribution < 1.29 is 14.3 Å². The summed E-state index contributed by atoms with van der Waals surface area (Å²) in [5.41, 5.74) is 4.39. The van der Waals surface area contributed by atoms with Crippen LogP contribution in [0.5, 0.6) is 0 Å². The number of benzene rings is 2. The van der Waals surface area contributed by atoms with Crippen molar-refractivity contribution in [3.8, 4) is 0 Å². The Bertz CT molecular complexity index is 947. The molecule has 1 amide bonds. The Morgan fingerprint density at radius 2 is 1.93 bits per heavy atom. The summed E-state index contributed by atoms with van der Waals surface area (Å²) in [7, 11) is 0. The van der Waals surface area contributed by atoms with Gasteiger partial charge in [0, 0.05) is 17.3 Å². The lowest BCUT2D eigenvalue weighted by Gasteiger charge is -2.39. The Morgan fingerprint density at radius 3 is 2.66 bits per heavy atom. The number of amides is 1. The highest BCUT2D eigenvalue weighted by Gasteiger charge is 2.34. The van der Waals surface area contributed by atoms with Crippen LogP contribution < -0.4 is 10.6 Å². The molecule has 1 unspecified atom stereocenters. The van der Waals surface area contributed by atoms with Crippen LogP contribution in [0, 0.1) is 0 Å². The first kappa shape index (κ1) is 19.5. The molecule has 0 saturated heterocycles. The molecule has 152 valence electrons. The molecule has 1 atom stereocenters. The molecule has 29 heavy (non-hydrogen) atoms. The van der Waals surface area contributed by atoms with Gasteiger partial charge < -0.3 is 15.4 Å². The van der Waals surface area contributed by atoms with Crippen molar-refractivity contribution in [1.29, 1.82) is 0 Å². The van der Waals surface area contributed by atoms with Crippen molar-refractivity contribution in [2.24, 2.45) is 0 Å². The number of hydrogen-bond acceptors (Lipinski definition) is 4. The first-order valence-corrected chi connectivity index (χ1v) is 10.4. The summed E-state index contributed by atoms with van der Waals surface area (Å²) < 4.78 is 5.15. The molecule has 1 heterocycles. The second-order valence-corrected chi connectivity index (χ2v) is 8.64. The van der Waals surface area contributed by atoms with Crippen LogP contribution in [-0.4, -0.2) is 24.5 Å². The summed E-state index contributed by atoms with van der Waals surface area (Å²) in [5, 5.41) is 6.66. The van der Waals surface area contributed by atoms with Gasteiger partial charge in [-0.05, 0) is 73.1 Å². The lowest BCUT2D eigenvalue weighted by atomic mass is 9.73. The van der Waals surface area contributed by atoms with Crippen molar-refractivity contribution in [1.82, 2.24) is 5.32 Å². The Kier molecular flexibility index (Phi) is 5.07. The van der Waals surface area contributed by atoms with E-state index >= 15 is 0 Å². The van der Waals surface area contributed by atoms with Gasteiger partial charge in [-0.3, -0.25) is 4.79 Å². The third kappa shape index (κ3) is 4.14. The highest BCUT2D eigenvalue weighted by molar-refractivity contribution is 5.94. The van der Waals surface area contributed by atoms with Crippen LogP contribution in [0.3, 0.4) is 0 Å². The second kappa shape index (κ2) is 7.54. The van der Waals surface area contributed by atoms with Gasteiger partial charge in [-0.2, -0.15) is 0 Å². The summed E-state index contributed by atoms with van der Waals surface area (Å²) in [5.74, 6) is -0.286. The molecular formula is C24H28N2O3. The first-order valence-electron chi connectivity index (χ1n) is 10.4. The summed E-state index contributed by atoms with van der Waals surface area (Å²) in [6.45, 7) is 6.56. The van der Waals surface area contributed by atoms with Gasteiger partial charge in [-0.25, -0.2) is 4.79 Å². The van der Waals surface area contributed by atoms with Gasteiger partial charge in [0.25, 0.3) is 5.91 Å². The first-order chi connectivity index (χ1) is 13.9. The zero-order chi connectivity index (χ0) is 20.6. The largest absolute Gasteiger partial charge is 0.462 e. The topological polar surface area (TPSA) is 67.4 Å². The highest BCUT2D eigenvalue weighted by Crippen LogP contribution is 2.44. The van der Waals surface area contributed by atoms with Crippen molar-refractivity contribution in [3.63, 3.8) is 0 Å². The van der Waals surface area contributed by atoms with E-state index in [1.54, 1.807) is 0 Å². The Labute approximate surface area is 171 Å². The van der Waals surface area contributed by atoms with E-state index in [1.165, 1.54) is 0 Å². The Balaban J connectivity index is 1.59. The number of fused-ring (bicyclic) bond motifs is 1. The molecule has 1 fully saturated rings. The molecule has 0 radical (unpaired) electrons. The number of anilines is 1. The molecule has 0 aromatic heterocycles. The number of carbonyl (C=O) groups is 2. The standard InChI is InChI=1S/C24H28N2O3/c1-4-29-23(28)17-8-11-20-19(13-17)24(2,3)14-21(26-20)15-6-5-7-16(12-15)22(27)25-18-9-10-18/h5-8,11-13,18,21,26H,4,9-10,14H2,1-3H3,(H,25,27). The monoisotopic (exact) mass is 392 g/mol. The number of esters is 1. The summed E-state index contributed by atoms with van der Waals surface area (Å²) in [4.78, 5) is 24.6. The maximum atomic E-state index is 12.4. The van der Waals surface area contributed by atoms with Gasteiger partial charge in [0.1, 0.15) is 0 Å². The molecule has 1 aliphatic carbocycles. The van der Waals surface area contributed by atoms with Gasteiger partial charge in [-0.1, -0.05) is 26.0 Å². The molecular weight excluding hydrogens is 364 g/mol. The molecule has 2 aromatic rings. The maximum absolute atomic E-state index is 12.4. The van der Waals surface area contributed by atoms with Gasteiger partial charge in [-0.15, -0.1) is 0 Å². The number of hydrogen-bond donors (Lipinski definition) is 2. The van der Waals surface area contributed by atoms with E-state index in [9.17, 15) is 9.59 Å². The van der Waals surface area contributed by atoms with Crippen LogP contribution in [0.2, 0.25) is 0 Å². The normalized spacial score (nSPS) is 19.6. The predicted molar refractivity (Wildman–Crippen MR) is 113 cm³/mol. The Hall–Kier alpha value is -2.82. The molecule has 2 N–H and O–H groups in total. The van der Waals surface area contributed by atoms with E-state index in [0.717, 1.165) is 36.1 Å². The smallest absolute Gasteiger partial charge is 0.338 e. The SMILES string of the molecule is CCOC(=O)c1ccc2c(c1)C(C)(C)CC(c1cccc(C(=O)NC3CC3)c1)N2. The molecule has 2 aliphatic rings. The molecule has 5 nitrogen and oxygen atoms in total. The minimum absolute atomic E-state index is 0.00361. The van der Waals surface area contributed by atoms with Crippen molar-refractivity contribution in [3.05, 3.63) is 64.7 Å². The molecule has 1 aliphatic heterocycles. The fraction of sp³-hybridized carbons (Fsp3) is 0.417. The van der Waals surface area contributed by atoms with E-state index in [2.05, 4.69) is 30.5 Å². The molecule has 0 bridgehead atoms. The lowest BCUT2D eigenvalue weighted by Crippen LogP contribution is -2.32. The van der Waals surface area contributed by atoms with E-state index in [4.69, 9.17) is 4.74 Å². The maximum Gasteiger partial charge on any atom is 0.338 e. The average Bonchev–Trinajstić information content (AvgIpc) is 3.51. The lowest BCUT2D eigenvalue weighted by molar-refractivity contribution is 0.0526. The molecule has 2 aromatic carbocycles. The Morgan fingerprint density at radius 1 is 1.14 bits per heavy atom. The van der Waals surface area contributed by atoms with Crippen LogP contribution in [0.25, 0.3) is 0 Å².